The van der Waals surface area contributed by atoms with Gasteiger partial charge >= 0.3 is 0 Å². The van der Waals surface area contributed by atoms with E-state index >= 15 is 0 Å². The van der Waals surface area contributed by atoms with Crippen LogP contribution in [0.4, 0.5) is 0 Å². The van der Waals surface area contributed by atoms with Crippen LogP contribution in [-0.4, -0.2) is 18.6 Å². The van der Waals surface area contributed by atoms with Crippen molar-refractivity contribution >= 4 is 0 Å². The van der Waals surface area contributed by atoms with Crippen molar-refractivity contribution in [3.63, 3.8) is 0 Å². The maximum absolute atomic E-state index is 5.32. The largest absolute Gasteiger partial charge is 0.481 e. The van der Waals surface area contributed by atoms with Crippen LogP contribution in [0.2, 0.25) is 0 Å². The van der Waals surface area contributed by atoms with Crippen LogP contribution in [-0.2, 0) is 13.0 Å². The van der Waals surface area contributed by atoms with E-state index in [1.807, 2.05) is 12.1 Å². The zero-order chi connectivity index (χ0) is 12.4. The van der Waals surface area contributed by atoms with Gasteiger partial charge in [0.2, 0.25) is 5.88 Å². The van der Waals surface area contributed by atoms with Crippen molar-refractivity contribution < 1.29 is 4.74 Å². The zero-order valence-corrected chi connectivity index (χ0v) is 10.4. The number of benzene rings is 1. The molecule has 92 valence electrons. The van der Waals surface area contributed by atoms with Crippen molar-refractivity contribution in [3.05, 3.63) is 47.7 Å². The number of hydrogen-bond donors (Lipinski definition) is 1. The third-order valence-corrected chi connectivity index (χ3v) is 3.37. The number of pyridine rings is 1. The van der Waals surface area contributed by atoms with E-state index in [1.165, 1.54) is 16.7 Å². The van der Waals surface area contributed by atoms with Gasteiger partial charge in [0.15, 0.2) is 0 Å². The molecule has 0 bridgehead atoms. The van der Waals surface area contributed by atoms with E-state index in [9.17, 15) is 0 Å². The second kappa shape index (κ2) is 4.78. The molecule has 1 N–H and O–H groups in total. The number of rotatable bonds is 2. The first-order valence-corrected chi connectivity index (χ1v) is 6.20. The van der Waals surface area contributed by atoms with E-state index in [-0.39, 0.29) is 0 Å². The molecule has 1 aromatic heterocycles. The van der Waals surface area contributed by atoms with Crippen LogP contribution >= 0.6 is 0 Å². The molecule has 0 unspecified atom stereocenters. The van der Waals surface area contributed by atoms with Gasteiger partial charge in [-0.3, -0.25) is 0 Å². The number of aromatic nitrogens is 1. The maximum atomic E-state index is 5.32. The molecule has 2 heterocycles. The Hall–Kier alpha value is -1.87. The molecule has 0 spiro atoms. The third kappa shape index (κ3) is 1.97. The number of fused-ring (bicyclic) bond motifs is 1. The highest BCUT2D eigenvalue weighted by Gasteiger charge is 2.12. The topological polar surface area (TPSA) is 34.1 Å². The molecule has 0 aliphatic carbocycles. The van der Waals surface area contributed by atoms with Crippen LogP contribution in [0.5, 0.6) is 5.88 Å². The smallest absolute Gasteiger partial charge is 0.221 e. The molecule has 2 aromatic rings. The molecule has 0 radical (unpaired) electrons. The second-order valence-electron chi connectivity index (χ2n) is 4.47. The first kappa shape index (κ1) is 11.2. The van der Waals surface area contributed by atoms with Crippen LogP contribution in [0.25, 0.3) is 11.1 Å². The molecule has 1 aromatic carbocycles. The minimum Gasteiger partial charge on any atom is -0.481 e. The first-order chi connectivity index (χ1) is 8.88. The highest BCUT2D eigenvalue weighted by Crippen LogP contribution is 2.29. The van der Waals surface area contributed by atoms with E-state index in [4.69, 9.17) is 4.74 Å². The van der Waals surface area contributed by atoms with Gasteiger partial charge in [-0.15, -0.1) is 0 Å². The Morgan fingerprint density at radius 2 is 2.17 bits per heavy atom. The average molecular weight is 240 g/mol. The quantitative estimate of drug-likeness (QED) is 0.875. The van der Waals surface area contributed by atoms with Gasteiger partial charge in [-0.1, -0.05) is 12.1 Å². The molecular weight excluding hydrogens is 224 g/mol. The maximum Gasteiger partial charge on any atom is 0.221 e. The lowest BCUT2D eigenvalue weighted by molar-refractivity contribution is 0.399. The monoisotopic (exact) mass is 240 g/mol. The Bertz CT molecular complexity index is 566. The fraction of sp³-hybridized carbons (Fsp3) is 0.267. The summed E-state index contributed by atoms with van der Waals surface area (Å²) >= 11 is 0. The molecule has 18 heavy (non-hydrogen) atoms. The first-order valence-electron chi connectivity index (χ1n) is 6.20. The number of methoxy groups -OCH3 is 1. The minimum absolute atomic E-state index is 0.682. The van der Waals surface area contributed by atoms with Crippen LogP contribution in [0.1, 0.15) is 11.1 Å². The van der Waals surface area contributed by atoms with E-state index in [0.29, 0.717) is 5.88 Å². The van der Waals surface area contributed by atoms with E-state index in [2.05, 4.69) is 28.5 Å². The molecular formula is C15H16N2O. The SMILES string of the molecule is COc1ncccc1-c1ccc2c(c1)CNCC2. The van der Waals surface area contributed by atoms with Gasteiger partial charge in [0.25, 0.3) is 0 Å². The average Bonchev–Trinajstić information content (AvgIpc) is 2.46. The van der Waals surface area contributed by atoms with Gasteiger partial charge in [-0.25, -0.2) is 4.98 Å². The predicted octanol–water partition coefficient (Wildman–Crippen LogP) is 2.40. The lowest BCUT2D eigenvalue weighted by Gasteiger charge is -2.18. The Kier molecular flexibility index (Phi) is 2.99. The Morgan fingerprint density at radius 3 is 3.06 bits per heavy atom. The fourth-order valence-corrected chi connectivity index (χ4v) is 2.42. The Morgan fingerprint density at radius 1 is 1.22 bits per heavy atom. The van der Waals surface area contributed by atoms with Crippen molar-refractivity contribution in [2.75, 3.05) is 13.7 Å². The summed E-state index contributed by atoms with van der Waals surface area (Å²) in [4.78, 5) is 4.25. The molecule has 0 fully saturated rings. The summed E-state index contributed by atoms with van der Waals surface area (Å²) in [6.45, 7) is 2.02. The molecule has 3 rings (SSSR count). The summed E-state index contributed by atoms with van der Waals surface area (Å²) in [7, 11) is 1.66. The van der Waals surface area contributed by atoms with E-state index in [1.54, 1.807) is 13.3 Å². The zero-order valence-electron chi connectivity index (χ0n) is 10.4. The molecule has 1 aliphatic rings. The van der Waals surface area contributed by atoms with Gasteiger partial charge in [0, 0.05) is 18.3 Å². The second-order valence-corrected chi connectivity index (χ2v) is 4.47. The van der Waals surface area contributed by atoms with Gasteiger partial charge in [-0.2, -0.15) is 0 Å². The third-order valence-electron chi connectivity index (χ3n) is 3.37. The molecule has 1 aliphatic heterocycles. The van der Waals surface area contributed by atoms with E-state index < -0.39 is 0 Å². The highest BCUT2D eigenvalue weighted by atomic mass is 16.5. The molecule has 0 saturated heterocycles. The van der Waals surface area contributed by atoms with Crippen LogP contribution < -0.4 is 10.1 Å². The number of hydrogen-bond acceptors (Lipinski definition) is 3. The standard InChI is InChI=1S/C15H16N2O/c1-18-15-14(3-2-7-17-15)12-5-4-11-6-8-16-10-13(11)9-12/h2-5,7,9,16H,6,8,10H2,1H3. The van der Waals surface area contributed by atoms with Gasteiger partial charge in [-0.05, 0) is 47.9 Å². The van der Waals surface area contributed by atoms with Crippen molar-refractivity contribution in [1.82, 2.24) is 10.3 Å². The van der Waals surface area contributed by atoms with Crippen LogP contribution in [0.15, 0.2) is 36.5 Å². The predicted molar refractivity (Wildman–Crippen MR) is 71.6 cm³/mol. The van der Waals surface area contributed by atoms with Crippen molar-refractivity contribution in [1.29, 1.82) is 0 Å². The van der Waals surface area contributed by atoms with Crippen LogP contribution in [0, 0.1) is 0 Å². The molecule has 0 amide bonds. The number of ether oxygens (including phenoxy) is 1. The van der Waals surface area contributed by atoms with Crippen molar-refractivity contribution in [2.24, 2.45) is 0 Å². The summed E-state index contributed by atoms with van der Waals surface area (Å²) in [5, 5.41) is 3.40. The molecule has 0 atom stereocenters. The summed E-state index contributed by atoms with van der Waals surface area (Å²) in [6.07, 6.45) is 2.86. The Balaban J connectivity index is 2.06. The normalized spacial score (nSPS) is 14.1. The molecule has 3 nitrogen and oxygen atoms in total. The van der Waals surface area contributed by atoms with Crippen molar-refractivity contribution in [3.8, 4) is 17.0 Å². The molecule has 3 heteroatoms. The van der Waals surface area contributed by atoms with Crippen molar-refractivity contribution in [2.45, 2.75) is 13.0 Å². The molecule has 0 saturated carbocycles. The summed E-state index contributed by atoms with van der Waals surface area (Å²) < 4.78 is 5.32. The van der Waals surface area contributed by atoms with Crippen LogP contribution in [0.3, 0.4) is 0 Å². The number of nitrogens with zero attached hydrogens (tertiary/aromatic N) is 1. The summed E-state index contributed by atoms with van der Waals surface area (Å²) in [6, 6.07) is 10.6. The Labute approximate surface area is 107 Å². The van der Waals surface area contributed by atoms with Gasteiger partial charge in [0.05, 0.1) is 7.11 Å². The highest BCUT2D eigenvalue weighted by molar-refractivity contribution is 5.69. The summed E-state index contributed by atoms with van der Waals surface area (Å²) in [5.74, 6) is 0.682. The lowest BCUT2D eigenvalue weighted by Crippen LogP contribution is -2.23. The lowest BCUT2D eigenvalue weighted by atomic mass is 9.96. The van der Waals surface area contributed by atoms with Gasteiger partial charge in [0.1, 0.15) is 0 Å². The van der Waals surface area contributed by atoms with Gasteiger partial charge < -0.3 is 10.1 Å². The fourth-order valence-electron chi connectivity index (χ4n) is 2.42. The summed E-state index contributed by atoms with van der Waals surface area (Å²) in [5.41, 5.74) is 5.04. The minimum atomic E-state index is 0.682. The number of nitrogens with one attached hydrogen (secondary N) is 1. The van der Waals surface area contributed by atoms with E-state index in [0.717, 1.165) is 25.1 Å².